The summed E-state index contributed by atoms with van der Waals surface area (Å²) >= 11 is 0. The fourth-order valence-corrected chi connectivity index (χ4v) is 0.973. The minimum absolute atomic E-state index is 0.485. The zero-order valence-electron chi connectivity index (χ0n) is 7.83. The molecule has 0 saturated heterocycles. The molecule has 0 radical (unpaired) electrons. The first-order chi connectivity index (χ1) is 5.52. The monoisotopic (exact) mass is 167 g/mol. The number of aryl methyl sites for hydroxylation is 2. The van der Waals surface area contributed by atoms with Crippen molar-refractivity contribution >= 4 is 5.82 Å². The summed E-state index contributed by atoms with van der Waals surface area (Å²) in [6.45, 7) is 3.47. The van der Waals surface area contributed by atoms with E-state index in [9.17, 15) is 5.21 Å². The van der Waals surface area contributed by atoms with E-state index in [1.165, 1.54) is 0 Å². The second-order valence-electron chi connectivity index (χ2n) is 2.99. The van der Waals surface area contributed by atoms with Crippen LogP contribution in [0.25, 0.3) is 0 Å². The van der Waals surface area contributed by atoms with Crippen LogP contribution in [0.3, 0.4) is 0 Å². The van der Waals surface area contributed by atoms with Gasteiger partial charge in [0.1, 0.15) is 5.69 Å². The summed E-state index contributed by atoms with van der Waals surface area (Å²) in [6.07, 6.45) is 0. The molecule has 0 aromatic carbocycles. The van der Waals surface area contributed by atoms with Gasteiger partial charge in [-0.1, -0.05) is 0 Å². The molecule has 66 valence electrons. The second kappa shape index (κ2) is 2.97. The highest BCUT2D eigenvalue weighted by Gasteiger charge is 2.10. The first-order valence-corrected chi connectivity index (χ1v) is 3.77. The molecule has 0 unspecified atom stereocenters. The Morgan fingerprint density at radius 1 is 1.42 bits per heavy atom. The van der Waals surface area contributed by atoms with Gasteiger partial charge in [0.2, 0.25) is 5.82 Å². The molecule has 4 nitrogen and oxygen atoms in total. The molecule has 0 N–H and O–H groups in total. The molecule has 1 aromatic rings. The van der Waals surface area contributed by atoms with E-state index in [4.69, 9.17) is 0 Å². The lowest BCUT2D eigenvalue weighted by Crippen LogP contribution is -2.35. The van der Waals surface area contributed by atoms with Crippen molar-refractivity contribution in [3.05, 3.63) is 22.8 Å². The summed E-state index contributed by atoms with van der Waals surface area (Å²) in [5.41, 5.74) is 0.672. The van der Waals surface area contributed by atoms with Crippen molar-refractivity contribution < 1.29 is 4.73 Å². The molecule has 0 spiro atoms. The van der Waals surface area contributed by atoms with Crippen molar-refractivity contribution in [3.63, 3.8) is 0 Å². The number of anilines is 1. The third kappa shape index (κ3) is 1.47. The van der Waals surface area contributed by atoms with Crippen LogP contribution in [-0.2, 0) is 0 Å². The highest BCUT2D eigenvalue weighted by Crippen LogP contribution is 2.06. The molecular weight excluding hydrogens is 154 g/mol. The van der Waals surface area contributed by atoms with E-state index in [0.717, 1.165) is 10.5 Å². The van der Waals surface area contributed by atoms with Crippen molar-refractivity contribution in [3.8, 4) is 0 Å². The zero-order chi connectivity index (χ0) is 9.30. The maximum atomic E-state index is 11.2. The molecule has 1 heterocycles. The number of nitrogens with zero attached hydrogens (tertiary/aromatic N) is 3. The minimum Gasteiger partial charge on any atom is -0.711 e. The van der Waals surface area contributed by atoms with Crippen LogP contribution >= 0.6 is 0 Å². The Labute approximate surface area is 72.0 Å². The summed E-state index contributed by atoms with van der Waals surface area (Å²) in [5.74, 6) is 1.30. The average Bonchev–Trinajstić information content (AvgIpc) is 1.99. The van der Waals surface area contributed by atoms with Crippen LogP contribution in [0.4, 0.5) is 5.82 Å². The van der Waals surface area contributed by atoms with Gasteiger partial charge in [0.15, 0.2) is 0 Å². The van der Waals surface area contributed by atoms with Crippen LogP contribution in [0.2, 0.25) is 0 Å². The zero-order valence-corrected chi connectivity index (χ0v) is 7.83. The molecule has 4 heteroatoms. The molecule has 1 rings (SSSR count). The Kier molecular flexibility index (Phi) is 2.17. The normalized spacial score (nSPS) is 10.0. The van der Waals surface area contributed by atoms with Crippen molar-refractivity contribution in [1.29, 1.82) is 0 Å². The molecule has 0 atom stereocenters. The lowest BCUT2D eigenvalue weighted by atomic mass is 10.4. The summed E-state index contributed by atoms with van der Waals surface area (Å²) in [7, 11) is 3.80. The summed E-state index contributed by atoms with van der Waals surface area (Å²) < 4.78 is 0.826. The first-order valence-electron chi connectivity index (χ1n) is 3.77. The van der Waals surface area contributed by atoms with Gasteiger partial charge in [0, 0.05) is 27.1 Å². The fourth-order valence-electron chi connectivity index (χ4n) is 0.973. The SMILES string of the molecule is Cc1cc(N(C)C)nc(C)[n+]1[O-]. The molecule has 0 amide bonds. The maximum absolute atomic E-state index is 11.2. The van der Waals surface area contributed by atoms with Gasteiger partial charge < -0.3 is 10.1 Å². The van der Waals surface area contributed by atoms with E-state index < -0.39 is 0 Å². The summed E-state index contributed by atoms with van der Waals surface area (Å²) in [6, 6.07) is 1.76. The highest BCUT2D eigenvalue weighted by molar-refractivity contribution is 5.35. The molecular formula is C8H13N3O. The van der Waals surface area contributed by atoms with Crippen LogP contribution in [0.15, 0.2) is 6.07 Å². The number of rotatable bonds is 1. The van der Waals surface area contributed by atoms with Gasteiger partial charge in [-0.05, 0) is 11.9 Å². The Morgan fingerprint density at radius 3 is 2.42 bits per heavy atom. The molecule has 0 aliphatic carbocycles. The van der Waals surface area contributed by atoms with Gasteiger partial charge in [-0.25, -0.2) is 4.73 Å². The van der Waals surface area contributed by atoms with Crippen LogP contribution in [0.5, 0.6) is 0 Å². The van der Waals surface area contributed by atoms with Gasteiger partial charge in [-0.2, -0.15) is 0 Å². The summed E-state index contributed by atoms with van der Waals surface area (Å²) in [5, 5.41) is 11.2. The van der Waals surface area contributed by atoms with E-state index in [-0.39, 0.29) is 0 Å². The van der Waals surface area contributed by atoms with E-state index in [1.54, 1.807) is 19.9 Å². The van der Waals surface area contributed by atoms with Crippen LogP contribution in [0, 0.1) is 19.1 Å². The molecule has 1 aromatic heterocycles. The summed E-state index contributed by atoms with van der Waals surface area (Å²) in [4.78, 5) is 5.98. The molecule has 0 aliphatic heterocycles. The molecule has 0 saturated carbocycles. The lowest BCUT2D eigenvalue weighted by Gasteiger charge is -2.11. The smallest absolute Gasteiger partial charge is 0.301 e. The second-order valence-corrected chi connectivity index (χ2v) is 2.99. The molecule has 0 aliphatic rings. The van der Waals surface area contributed by atoms with E-state index in [1.807, 2.05) is 19.0 Å². The lowest BCUT2D eigenvalue weighted by molar-refractivity contribution is -0.622. The van der Waals surface area contributed by atoms with E-state index in [0.29, 0.717) is 11.5 Å². The fraction of sp³-hybridized carbons (Fsp3) is 0.500. The van der Waals surface area contributed by atoms with Gasteiger partial charge in [0.05, 0.1) is 0 Å². The predicted octanol–water partition coefficient (Wildman–Crippen LogP) is 0.398. The van der Waals surface area contributed by atoms with Crippen LogP contribution < -0.4 is 9.63 Å². The molecule has 0 bridgehead atoms. The first kappa shape index (κ1) is 8.77. The Balaban J connectivity index is 3.21. The topological polar surface area (TPSA) is 43.1 Å². The predicted molar refractivity (Wildman–Crippen MR) is 47.0 cm³/mol. The van der Waals surface area contributed by atoms with E-state index >= 15 is 0 Å². The van der Waals surface area contributed by atoms with Crippen LogP contribution in [0.1, 0.15) is 11.5 Å². The Morgan fingerprint density at radius 2 is 2.00 bits per heavy atom. The number of hydrogen-bond donors (Lipinski definition) is 0. The number of hydrogen-bond acceptors (Lipinski definition) is 3. The average molecular weight is 167 g/mol. The standard InChI is InChI=1S/C8H13N3O/c1-6-5-8(10(3)4)9-7(2)11(6)12/h5H,1-4H3. The van der Waals surface area contributed by atoms with Gasteiger partial charge in [-0.15, -0.1) is 0 Å². The van der Waals surface area contributed by atoms with Gasteiger partial charge in [0.25, 0.3) is 0 Å². The number of aromatic nitrogens is 2. The molecule has 0 fully saturated rings. The highest BCUT2D eigenvalue weighted by atomic mass is 16.5. The Bertz CT molecular complexity index is 273. The van der Waals surface area contributed by atoms with Gasteiger partial charge in [-0.3, -0.25) is 0 Å². The van der Waals surface area contributed by atoms with Crippen molar-refractivity contribution in [2.75, 3.05) is 19.0 Å². The van der Waals surface area contributed by atoms with Crippen molar-refractivity contribution in [2.24, 2.45) is 0 Å². The van der Waals surface area contributed by atoms with Crippen molar-refractivity contribution in [1.82, 2.24) is 4.98 Å². The third-order valence-electron chi connectivity index (χ3n) is 1.69. The largest absolute Gasteiger partial charge is 0.711 e. The minimum atomic E-state index is 0.485. The maximum Gasteiger partial charge on any atom is 0.301 e. The van der Waals surface area contributed by atoms with Crippen LogP contribution in [-0.4, -0.2) is 19.1 Å². The molecule has 12 heavy (non-hydrogen) atoms. The Hall–Kier alpha value is -1.32. The van der Waals surface area contributed by atoms with E-state index in [2.05, 4.69) is 4.98 Å². The van der Waals surface area contributed by atoms with Gasteiger partial charge >= 0.3 is 5.82 Å². The van der Waals surface area contributed by atoms with Crippen molar-refractivity contribution in [2.45, 2.75) is 13.8 Å². The third-order valence-corrected chi connectivity index (χ3v) is 1.69. The quantitative estimate of drug-likeness (QED) is 0.449.